The number of aliphatic hydroxyl groups is 1. The van der Waals surface area contributed by atoms with Crippen molar-refractivity contribution in [3.63, 3.8) is 0 Å². The molecule has 1 aromatic carbocycles. The Morgan fingerprint density at radius 1 is 1.21 bits per heavy atom. The number of rotatable bonds is 3. The number of halogens is 2. The molecular weight excluding hydrogens is 289 g/mol. The van der Waals surface area contributed by atoms with E-state index in [1.54, 1.807) is 6.07 Å². The quantitative estimate of drug-likeness (QED) is 0.816. The summed E-state index contributed by atoms with van der Waals surface area (Å²) in [6.45, 7) is 0. The number of nitrogens with one attached hydrogen (secondary N) is 1. The third-order valence-corrected chi connectivity index (χ3v) is 3.54. The van der Waals surface area contributed by atoms with Crippen molar-refractivity contribution in [1.29, 1.82) is 0 Å². The second-order valence-electron chi connectivity index (χ2n) is 4.08. The van der Waals surface area contributed by atoms with Crippen LogP contribution in [0.1, 0.15) is 17.2 Å². The summed E-state index contributed by atoms with van der Waals surface area (Å²) in [5, 5.41) is 20.3. The molecule has 19 heavy (non-hydrogen) atoms. The third-order valence-electron chi connectivity index (χ3n) is 2.72. The monoisotopic (exact) mass is 299 g/mol. The number of hydrogen-bond donors (Lipinski definition) is 3. The lowest BCUT2D eigenvalue weighted by molar-refractivity contribution is 0.174. The van der Waals surface area contributed by atoms with Gasteiger partial charge in [-0.1, -0.05) is 29.3 Å². The second kappa shape index (κ2) is 5.65. The van der Waals surface area contributed by atoms with Gasteiger partial charge in [-0.25, -0.2) is 0 Å². The molecule has 1 atom stereocenters. The molecule has 2 rings (SSSR count). The highest BCUT2D eigenvalue weighted by atomic mass is 35.5. The van der Waals surface area contributed by atoms with Gasteiger partial charge in [0, 0.05) is 24.2 Å². The fraction of sp³-hybridized carbons (Fsp3) is 0.154. The lowest BCUT2D eigenvalue weighted by Gasteiger charge is -2.15. The van der Waals surface area contributed by atoms with Crippen molar-refractivity contribution in [2.75, 3.05) is 0 Å². The van der Waals surface area contributed by atoms with Crippen molar-refractivity contribution in [2.45, 2.75) is 12.5 Å². The largest absolute Gasteiger partial charge is 0.508 e. The lowest BCUT2D eigenvalue weighted by atomic mass is 10.0. The molecular formula is C13H11Cl2NO3. The average Bonchev–Trinajstić information content (AvgIpc) is 2.37. The summed E-state index contributed by atoms with van der Waals surface area (Å²) in [7, 11) is 0. The molecule has 0 fully saturated rings. The summed E-state index contributed by atoms with van der Waals surface area (Å²) >= 11 is 11.8. The number of benzene rings is 1. The van der Waals surface area contributed by atoms with Gasteiger partial charge in [0.2, 0.25) is 5.56 Å². The summed E-state index contributed by atoms with van der Waals surface area (Å²) in [6, 6.07) is 5.79. The number of phenols is 1. The van der Waals surface area contributed by atoms with E-state index in [1.807, 2.05) is 0 Å². The van der Waals surface area contributed by atoms with Gasteiger partial charge in [-0.3, -0.25) is 4.79 Å². The third kappa shape index (κ3) is 3.10. The van der Waals surface area contributed by atoms with E-state index in [9.17, 15) is 15.0 Å². The maximum absolute atomic E-state index is 10.9. The predicted molar refractivity (Wildman–Crippen MR) is 73.9 cm³/mol. The minimum Gasteiger partial charge on any atom is -0.508 e. The molecule has 0 radical (unpaired) electrons. The summed E-state index contributed by atoms with van der Waals surface area (Å²) in [6.07, 6.45) is 0.683. The maximum Gasteiger partial charge on any atom is 0.247 e. The Hall–Kier alpha value is -1.49. The zero-order valence-corrected chi connectivity index (χ0v) is 11.2. The Bertz CT molecular complexity index is 634. The van der Waals surface area contributed by atoms with E-state index in [1.165, 1.54) is 24.4 Å². The molecule has 0 aliphatic rings. The van der Waals surface area contributed by atoms with Crippen molar-refractivity contribution in [3.8, 4) is 5.75 Å². The first-order chi connectivity index (χ1) is 8.99. The van der Waals surface area contributed by atoms with Crippen LogP contribution in [0.5, 0.6) is 5.75 Å². The van der Waals surface area contributed by atoms with Crippen LogP contribution in [0.3, 0.4) is 0 Å². The van der Waals surface area contributed by atoms with Gasteiger partial charge in [0.1, 0.15) is 5.75 Å². The Morgan fingerprint density at radius 3 is 2.58 bits per heavy atom. The van der Waals surface area contributed by atoms with Crippen LogP contribution < -0.4 is 5.56 Å². The molecule has 0 spiro atoms. The van der Waals surface area contributed by atoms with Crippen molar-refractivity contribution in [3.05, 3.63) is 62.0 Å². The molecule has 0 saturated heterocycles. The summed E-state index contributed by atoms with van der Waals surface area (Å²) in [5.74, 6) is -0.119. The van der Waals surface area contributed by atoms with Crippen molar-refractivity contribution < 1.29 is 10.2 Å². The molecule has 1 heterocycles. The van der Waals surface area contributed by atoms with Crippen molar-refractivity contribution in [1.82, 2.24) is 4.98 Å². The van der Waals surface area contributed by atoms with E-state index in [0.29, 0.717) is 5.56 Å². The Labute approximate surface area is 119 Å². The fourth-order valence-electron chi connectivity index (χ4n) is 1.77. The highest BCUT2D eigenvalue weighted by Crippen LogP contribution is 2.37. The first-order valence-corrected chi connectivity index (χ1v) is 6.27. The van der Waals surface area contributed by atoms with Crippen molar-refractivity contribution >= 4 is 23.2 Å². The van der Waals surface area contributed by atoms with Gasteiger partial charge in [0.25, 0.3) is 0 Å². The second-order valence-corrected chi connectivity index (χ2v) is 4.86. The Balaban J connectivity index is 2.30. The van der Waals surface area contributed by atoms with Crippen LogP contribution >= 0.6 is 23.2 Å². The summed E-state index contributed by atoms with van der Waals surface area (Å²) < 4.78 is 0. The van der Waals surface area contributed by atoms with Crippen LogP contribution in [0.4, 0.5) is 0 Å². The van der Waals surface area contributed by atoms with Gasteiger partial charge in [0.15, 0.2) is 0 Å². The standard InChI is InChI=1S/C13H11Cl2NO3/c14-8-2-3-9(17)12(13(8)15)10(18)5-7-1-4-11(19)16-6-7/h1-4,6,10,17-18H,5H2,(H,16,19)/t10-/m0/s1. The molecule has 0 bridgehead atoms. The Morgan fingerprint density at radius 2 is 1.95 bits per heavy atom. The number of pyridine rings is 1. The topological polar surface area (TPSA) is 73.3 Å². The predicted octanol–water partition coefficient (Wildman–Crippen LogP) is 2.66. The minimum atomic E-state index is -1.02. The number of aliphatic hydroxyl groups excluding tert-OH is 1. The molecule has 0 aliphatic heterocycles. The smallest absolute Gasteiger partial charge is 0.247 e. The van der Waals surface area contributed by atoms with Crippen LogP contribution in [0.15, 0.2) is 35.3 Å². The number of aromatic hydroxyl groups is 1. The molecule has 0 saturated carbocycles. The van der Waals surface area contributed by atoms with Gasteiger partial charge >= 0.3 is 0 Å². The van der Waals surface area contributed by atoms with E-state index in [2.05, 4.69) is 4.98 Å². The molecule has 6 heteroatoms. The highest BCUT2D eigenvalue weighted by Gasteiger charge is 2.19. The van der Waals surface area contributed by atoms with Gasteiger partial charge < -0.3 is 15.2 Å². The van der Waals surface area contributed by atoms with E-state index in [0.717, 1.165) is 0 Å². The van der Waals surface area contributed by atoms with Gasteiger partial charge in [-0.05, 0) is 17.7 Å². The van der Waals surface area contributed by atoms with Crippen LogP contribution in [-0.2, 0) is 6.42 Å². The normalized spacial score (nSPS) is 12.4. The summed E-state index contributed by atoms with van der Waals surface area (Å²) in [4.78, 5) is 13.4. The number of aromatic amines is 1. The highest BCUT2D eigenvalue weighted by molar-refractivity contribution is 6.42. The molecule has 4 nitrogen and oxygen atoms in total. The first-order valence-electron chi connectivity index (χ1n) is 5.51. The van der Waals surface area contributed by atoms with Gasteiger partial charge in [-0.2, -0.15) is 0 Å². The van der Waals surface area contributed by atoms with E-state index in [4.69, 9.17) is 23.2 Å². The zero-order chi connectivity index (χ0) is 14.0. The van der Waals surface area contributed by atoms with Crippen LogP contribution in [0, 0.1) is 0 Å². The lowest BCUT2D eigenvalue weighted by Crippen LogP contribution is -2.07. The first kappa shape index (κ1) is 13.9. The molecule has 100 valence electrons. The number of H-pyrrole nitrogens is 1. The van der Waals surface area contributed by atoms with Crippen LogP contribution in [-0.4, -0.2) is 15.2 Å². The summed E-state index contributed by atoms with van der Waals surface area (Å²) in [5.41, 5.74) is 0.671. The van der Waals surface area contributed by atoms with E-state index < -0.39 is 6.10 Å². The minimum absolute atomic E-state index is 0.119. The molecule has 3 N–H and O–H groups in total. The zero-order valence-electron chi connectivity index (χ0n) is 9.73. The molecule has 0 aliphatic carbocycles. The number of hydrogen-bond acceptors (Lipinski definition) is 3. The van der Waals surface area contributed by atoms with Crippen LogP contribution in [0.2, 0.25) is 10.0 Å². The van der Waals surface area contributed by atoms with E-state index in [-0.39, 0.29) is 33.3 Å². The molecule has 2 aromatic rings. The van der Waals surface area contributed by atoms with Gasteiger partial charge in [-0.15, -0.1) is 0 Å². The average molecular weight is 300 g/mol. The van der Waals surface area contributed by atoms with Crippen LogP contribution in [0.25, 0.3) is 0 Å². The van der Waals surface area contributed by atoms with Crippen molar-refractivity contribution in [2.24, 2.45) is 0 Å². The number of phenolic OH excluding ortho intramolecular Hbond substituents is 1. The molecule has 0 unspecified atom stereocenters. The molecule has 0 amide bonds. The number of aromatic nitrogens is 1. The Kier molecular flexibility index (Phi) is 4.14. The maximum atomic E-state index is 10.9. The SMILES string of the molecule is O=c1ccc(C[C@H](O)c2c(O)ccc(Cl)c2Cl)c[nH]1. The fourth-order valence-corrected chi connectivity index (χ4v) is 2.22. The van der Waals surface area contributed by atoms with Gasteiger partial charge in [0.05, 0.1) is 16.1 Å². The molecule has 1 aromatic heterocycles. The van der Waals surface area contributed by atoms with E-state index >= 15 is 0 Å².